The van der Waals surface area contributed by atoms with Gasteiger partial charge in [-0.15, -0.1) is 11.8 Å². The van der Waals surface area contributed by atoms with Crippen LogP contribution in [0, 0.1) is 11.3 Å². The molecule has 0 bridgehead atoms. The van der Waals surface area contributed by atoms with Gasteiger partial charge in [-0.1, -0.05) is 18.2 Å². The van der Waals surface area contributed by atoms with E-state index in [2.05, 4.69) is 30.3 Å². The zero-order valence-electron chi connectivity index (χ0n) is 11.7. The topological polar surface area (TPSA) is 42.2 Å². The Labute approximate surface area is 128 Å². The normalized spacial score (nSPS) is 16.1. The SMILES string of the molecule is COc1cc(C#N)cc(OCC2Cc3ccccc3S2)c1. The van der Waals surface area contributed by atoms with Crippen LogP contribution in [0.25, 0.3) is 0 Å². The lowest BCUT2D eigenvalue weighted by Crippen LogP contribution is -2.13. The van der Waals surface area contributed by atoms with Crippen LogP contribution in [0.3, 0.4) is 0 Å². The minimum atomic E-state index is 0.416. The molecule has 0 aromatic heterocycles. The highest BCUT2D eigenvalue weighted by Gasteiger charge is 2.22. The van der Waals surface area contributed by atoms with E-state index in [0.717, 1.165) is 6.42 Å². The maximum absolute atomic E-state index is 9.01. The number of nitriles is 1. The summed E-state index contributed by atoms with van der Waals surface area (Å²) in [5, 5.41) is 9.43. The number of nitrogens with zero attached hydrogens (tertiary/aromatic N) is 1. The van der Waals surface area contributed by atoms with Gasteiger partial charge in [-0.05, 0) is 30.2 Å². The highest BCUT2D eigenvalue weighted by atomic mass is 32.2. The maximum atomic E-state index is 9.01. The molecule has 1 aliphatic heterocycles. The van der Waals surface area contributed by atoms with E-state index >= 15 is 0 Å². The molecule has 0 aliphatic carbocycles. The second-order valence-corrected chi connectivity index (χ2v) is 6.21. The van der Waals surface area contributed by atoms with Crippen molar-refractivity contribution in [2.24, 2.45) is 0 Å². The Morgan fingerprint density at radius 2 is 2.05 bits per heavy atom. The molecule has 3 rings (SSSR count). The quantitative estimate of drug-likeness (QED) is 0.863. The van der Waals surface area contributed by atoms with Crippen LogP contribution < -0.4 is 9.47 Å². The van der Waals surface area contributed by atoms with Gasteiger partial charge in [-0.25, -0.2) is 0 Å². The second kappa shape index (κ2) is 6.11. The van der Waals surface area contributed by atoms with Crippen molar-refractivity contribution in [2.45, 2.75) is 16.6 Å². The van der Waals surface area contributed by atoms with Crippen LogP contribution in [0.5, 0.6) is 11.5 Å². The molecule has 1 atom stereocenters. The van der Waals surface area contributed by atoms with Crippen molar-refractivity contribution in [2.75, 3.05) is 13.7 Å². The summed E-state index contributed by atoms with van der Waals surface area (Å²) in [6.07, 6.45) is 1.02. The second-order valence-electron chi connectivity index (χ2n) is 4.87. The Kier molecular flexibility index (Phi) is 4.03. The van der Waals surface area contributed by atoms with Gasteiger partial charge in [0.25, 0.3) is 0 Å². The first kappa shape index (κ1) is 13.8. The zero-order valence-corrected chi connectivity index (χ0v) is 12.5. The molecule has 2 aromatic rings. The number of methoxy groups -OCH3 is 1. The summed E-state index contributed by atoms with van der Waals surface area (Å²) in [5.41, 5.74) is 1.94. The van der Waals surface area contributed by atoms with E-state index in [0.29, 0.717) is 28.9 Å². The molecule has 1 aliphatic rings. The molecule has 1 heterocycles. The van der Waals surface area contributed by atoms with E-state index in [1.807, 2.05) is 17.8 Å². The standard InChI is InChI=1S/C17H15NO2S/c1-19-14-6-12(10-18)7-15(9-14)20-11-16-8-13-4-2-3-5-17(13)21-16/h2-7,9,16H,8,11H2,1H3. The van der Waals surface area contributed by atoms with E-state index < -0.39 is 0 Å². The van der Waals surface area contributed by atoms with Gasteiger partial charge in [0.1, 0.15) is 18.1 Å². The van der Waals surface area contributed by atoms with Gasteiger partial charge >= 0.3 is 0 Å². The Morgan fingerprint density at radius 1 is 1.24 bits per heavy atom. The number of fused-ring (bicyclic) bond motifs is 1. The Morgan fingerprint density at radius 3 is 2.81 bits per heavy atom. The maximum Gasteiger partial charge on any atom is 0.124 e. The van der Waals surface area contributed by atoms with Crippen molar-refractivity contribution < 1.29 is 9.47 Å². The number of rotatable bonds is 4. The van der Waals surface area contributed by atoms with Gasteiger partial charge in [-0.3, -0.25) is 0 Å². The summed E-state index contributed by atoms with van der Waals surface area (Å²) in [6.45, 7) is 0.622. The minimum absolute atomic E-state index is 0.416. The lowest BCUT2D eigenvalue weighted by atomic mass is 10.1. The van der Waals surface area contributed by atoms with Crippen LogP contribution in [-0.2, 0) is 6.42 Å². The number of hydrogen-bond acceptors (Lipinski definition) is 4. The summed E-state index contributed by atoms with van der Waals surface area (Å²) in [6, 6.07) is 15.8. The van der Waals surface area contributed by atoms with E-state index in [1.54, 1.807) is 19.2 Å². The fraction of sp³-hybridized carbons (Fsp3) is 0.235. The first-order valence-electron chi connectivity index (χ1n) is 6.75. The third-order valence-electron chi connectivity index (χ3n) is 3.39. The van der Waals surface area contributed by atoms with Crippen molar-refractivity contribution in [1.29, 1.82) is 5.26 Å². The largest absolute Gasteiger partial charge is 0.497 e. The molecule has 0 saturated carbocycles. The minimum Gasteiger partial charge on any atom is -0.497 e. The molecule has 0 N–H and O–H groups in total. The summed E-state index contributed by atoms with van der Waals surface area (Å²) < 4.78 is 11.0. The number of hydrogen-bond donors (Lipinski definition) is 0. The average molecular weight is 297 g/mol. The number of benzene rings is 2. The van der Waals surface area contributed by atoms with E-state index in [4.69, 9.17) is 14.7 Å². The molecule has 3 nitrogen and oxygen atoms in total. The fourth-order valence-electron chi connectivity index (χ4n) is 2.37. The van der Waals surface area contributed by atoms with Gasteiger partial charge in [0.05, 0.1) is 18.7 Å². The Hall–Kier alpha value is -2.12. The van der Waals surface area contributed by atoms with Crippen LogP contribution >= 0.6 is 11.8 Å². The van der Waals surface area contributed by atoms with Crippen LogP contribution in [0.1, 0.15) is 11.1 Å². The number of ether oxygens (including phenoxy) is 2. The Balaban J connectivity index is 1.65. The van der Waals surface area contributed by atoms with E-state index in [9.17, 15) is 0 Å². The molecule has 2 aromatic carbocycles. The molecule has 0 radical (unpaired) electrons. The van der Waals surface area contributed by atoms with Crippen LogP contribution in [0.2, 0.25) is 0 Å². The van der Waals surface area contributed by atoms with E-state index in [1.165, 1.54) is 10.5 Å². The highest BCUT2D eigenvalue weighted by molar-refractivity contribution is 8.00. The highest BCUT2D eigenvalue weighted by Crippen LogP contribution is 2.37. The third kappa shape index (κ3) is 3.14. The van der Waals surface area contributed by atoms with Crippen LogP contribution in [0.4, 0.5) is 0 Å². The molecule has 4 heteroatoms. The zero-order chi connectivity index (χ0) is 14.7. The van der Waals surface area contributed by atoms with Gasteiger partial charge in [-0.2, -0.15) is 5.26 Å². The van der Waals surface area contributed by atoms with Crippen LogP contribution in [0.15, 0.2) is 47.4 Å². The molecular formula is C17H15NO2S. The van der Waals surface area contributed by atoms with Crippen molar-refractivity contribution in [3.8, 4) is 17.6 Å². The molecule has 0 fully saturated rings. The van der Waals surface area contributed by atoms with E-state index in [-0.39, 0.29) is 0 Å². The Bertz CT molecular complexity index is 668. The van der Waals surface area contributed by atoms with Crippen molar-refractivity contribution in [3.63, 3.8) is 0 Å². The molecule has 21 heavy (non-hydrogen) atoms. The van der Waals surface area contributed by atoms with Gasteiger partial charge in [0, 0.05) is 16.2 Å². The van der Waals surface area contributed by atoms with Crippen molar-refractivity contribution in [1.82, 2.24) is 0 Å². The fourth-order valence-corrected chi connectivity index (χ4v) is 3.59. The van der Waals surface area contributed by atoms with Crippen molar-refractivity contribution in [3.05, 3.63) is 53.6 Å². The average Bonchev–Trinajstić information content (AvgIpc) is 2.95. The lowest BCUT2D eigenvalue weighted by molar-refractivity contribution is 0.314. The molecule has 1 unspecified atom stereocenters. The first-order valence-corrected chi connectivity index (χ1v) is 7.63. The predicted molar refractivity (Wildman–Crippen MR) is 83.0 cm³/mol. The van der Waals surface area contributed by atoms with Gasteiger partial charge < -0.3 is 9.47 Å². The van der Waals surface area contributed by atoms with Gasteiger partial charge in [0.2, 0.25) is 0 Å². The lowest BCUT2D eigenvalue weighted by Gasteiger charge is -2.12. The summed E-state index contributed by atoms with van der Waals surface area (Å²) >= 11 is 1.85. The predicted octanol–water partition coefficient (Wildman–Crippen LogP) is 3.66. The number of thioether (sulfide) groups is 1. The molecule has 0 amide bonds. The first-order chi connectivity index (χ1) is 10.3. The van der Waals surface area contributed by atoms with Crippen molar-refractivity contribution >= 4 is 11.8 Å². The third-order valence-corrected chi connectivity index (χ3v) is 4.68. The molecular weight excluding hydrogens is 282 g/mol. The summed E-state index contributed by atoms with van der Waals surface area (Å²) in [7, 11) is 1.59. The van der Waals surface area contributed by atoms with Gasteiger partial charge in [0.15, 0.2) is 0 Å². The molecule has 0 saturated heterocycles. The summed E-state index contributed by atoms with van der Waals surface area (Å²) in [4.78, 5) is 1.34. The molecule has 106 valence electrons. The monoisotopic (exact) mass is 297 g/mol. The summed E-state index contributed by atoms with van der Waals surface area (Å²) in [5.74, 6) is 1.33. The van der Waals surface area contributed by atoms with Crippen LogP contribution in [-0.4, -0.2) is 19.0 Å². The molecule has 0 spiro atoms. The smallest absolute Gasteiger partial charge is 0.124 e.